The second-order valence-corrected chi connectivity index (χ2v) is 5.79. The number of amides is 1. The molecule has 26 heavy (non-hydrogen) atoms. The molecule has 1 amide bonds. The molecule has 0 aliphatic carbocycles. The summed E-state index contributed by atoms with van der Waals surface area (Å²) in [6.45, 7) is 1.77. The average Bonchev–Trinajstić information content (AvgIpc) is 2.61. The van der Waals surface area contributed by atoms with Crippen LogP contribution in [0.5, 0.6) is 5.75 Å². The fourth-order valence-electron chi connectivity index (χ4n) is 2.16. The highest BCUT2D eigenvalue weighted by molar-refractivity contribution is 5.90. The molecule has 8 nitrogen and oxygen atoms in total. The van der Waals surface area contributed by atoms with Crippen LogP contribution in [0.4, 0.5) is 11.4 Å². The molecule has 1 N–H and O–H groups in total. The largest absolute Gasteiger partial charge is 0.484 e. The van der Waals surface area contributed by atoms with E-state index < -0.39 is 10.8 Å². The van der Waals surface area contributed by atoms with Gasteiger partial charge >= 0.3 is 0 Å². The average molecular weight is 356 g/mol. The molecular weight excluding hydrogens is 336 g/mol. The summed E-state index contributed by atoms with van der Waals surface area (Å²) in [5, 5.41) is 14.8. The summed E-state index contributed by atoms with van der Waals surface area (Å²) in [4.78, 5) is 24.0. The van der Waals surface area contributed by atoms with E-state index in [1.54, 1.807) is 23.1 Å². The van der Waals surface area contributed by atoms with Gasteiger partial charge in [-0.15, -0.1) is 0 Å². The van der Waals surface area contributed by atoms with Crippen LogP contribution in [0.3, 0.4) is 0 Å². The van der Waals surface area contributed by atoms with Crippen LogP contribution in [0.15, 0.2) is 47.6 Å². The third kappa shape index (κ3) is 5.30. The lowest BCUT2D eigenvalue weighted by molar-refractivity contribution is -0.384. The monoisotopic (exact) mass is 356 g/mol. The number of nitro groups is 1. The second-order valence-electron chi connectivity index (χ2n) is 5.79. The van der Waals surface area contributed by atoms with Crippen molar-refractivity contribution in [1.82, 2.24) is 5.43 Å². The topological polar surface area (TPSA) is 97.1 Å². The molecule has 2 aromatic carbocycles. The number of anilines is 1. The zero-order chi connectivity index (χ0) is 19.1. The molecule has 0 fully saturated rings. The van der Waals surface area contributed by atoms with E-state index in [9.17, 15) is 14.9 Å². The first-order valence-electron chi connectivity index (χ1n) is 7.84. The van der Waals surface area contributed by atoms with Gasteiger partial charge in [-0.05, 0) is 25.1 Å². The van der Waals surface area contributed by atoms with Gasteiger partial charge in [0.25, 0.3) is 11.6 Å². The minimum Gasteiger partial charge on any atom is -0.484 e. The van der Waals surface area contributed by atoms with Crippen LogP contribution >= 0.6 is 0 Å². The Kier molecular flexibility index (Phi) is 6.26. The molecule has 0 spiro atoms. The lowest BCUT2D eigenvalue weighted by Gasteiger charge is -2.14. The summed E-state index contributed by atoms with van der Waals surface area (Å²) < 4.78 is 5.35. The predicted octanol–water partition coefficient (Wildman–Crippen LogP) is 2.50. The highest BCUT2D eigenvalue weighted by atomic mass is 16.6. The van der Waals surface area contributed by atoms with Crippen LogP contribution in [-0.2, 0) is 4.79 Å². The fourth-order valence-corrected chi connectivity index (χ4v) is 2.16. The van der Waals surface area contributed by atoms with E-state index in [2.05, 4.69) is 10.5 Å². The minimum atomic E-state index is -0.481. The Balaban J connectivity index is 1.98. The molecular formula is C18H20N4O4. The van der Waals surface area contributed by atoms with Gasteiger partial charge in [0.1, 0.15) is 5.75 Å². The Bertz CT molecular complexity index is 816. The highest BCUT2D eigenvalue weighted by Gasteiger charge is 2.11. The number of nitro benzene ring substituents is 1. The van der Waals surface area contributed by atoms with E-state index >= 15 is 0 Å². The molecule has 0 saturated carbocycles. The number of hydrogen-bond donors (Lipinski definition) is 1. The van der Waals surface area contributed by atoms with Crippen molar-refractivity contribution in [3.63, 3.8) is 0 Å². The quantitative estimate of drug-likeness (QED) is 0.467. The smallest absolute Gasteiger partial charge is 0.277 e. The molecule has 136 valence electrons. The predicted molar refractivity (Wildman–Crippen MR) is 99.8 cm³/mol. The normalized spacial score (nSPS) is 10.6. The van der Waals surface area contributed by atoms with Crippen LogP contribution < -0.4 is 15.1 Å². The molecule has 0 radical (unpaired) electrons. The molecule has 0 saturated heterocycles. The van der Waals surface area contributed by atoms with Crippen LogP contribution in [0, 0.1) is 17.0 Å². The van der Waals surface area contributed by atoms with Gasteiger partial charge in [-0.25, -0.2) is 5.43 Å². The number of benzene rings is 2. The molecule has 0 heterocycles. The van der Waals surface area contributed by atoms with Gasteiger partial charge in [0.15, 0.2) is 6.61 Å². The van der Waals surface area contributed by atoms with Gasteiger partial charge in [-0.1, -0.05) is 17.7 Å². The maximum Gasteiger partial charge on any atom is 0.277 e. The molecule has 0 aliphatic heterocycles. The Labute approximate surface area is 151 Å². The molecule has 0 atom stereocenters. The Morgan fingerprint density at radius 1 is 1.27 bits per heavy atom. The van der Waals surface area contributed by atoms with Crippen molar-refractivity contribution in [3.05, 3.63) is 63.7 Å². The SMILES string of the molecule is Cc1ccc(OCC(=O)N/N=C/c2cc([N+](=O)[O-])ccc2N(C)C)cc1. The first-order valence-corrected chi connectivity index (χ1v) is 7.84. The number of aryl methyl sites for hydroxylation is 1. The molecule has 0 aromatic heterocycles. The maximum absolute atomic E-state index is 11.8. The zero-order valence-corrected chi connectivity index (χ0v) is 14.8. The third-order valence-electron chi connectivity index (χ3n) is 3.49. The molecule has 0 aliphatic rings. The molecule has 8 heteroatoms. The summed E-state index contributed by atoms with van der Waals surface area (Å²) in [5.74, 6) is 0.155. The summed E-state index contributed by atoms with van der Waals surface area (Å²) in [7, 11) is 3.62. The molecule has 0 bridgehead atoms. The van der Waals surface area contributed by atoms with Gasteiger partial charge in [0.2, 0.25) is 0 Å². The van der Waals surface area contributed by atoms with E-state index in [1.165, 1.54) is 18.3 Å². The van der Waals surface area contributed by atoms with Crippen molar-refractivity contribution in [3.8, 4) is 5.75 Å². The standard InChI is InChI=1S/C18H20N4O4/c1-13-4-7-16(8-5-13)26-12-18(23)20-19-11-14-10-15(22(24)25)6-9-17(14)21(2)3/h4-11H,12H2,1-3H3,(H,20,23)/b19-11+. The van der Waals surface area contributed by atoms with Crippen LogP contribution in [0.1, 0.15) is 11.1 Å². The number of nitrogens with zero attached hydrogens (tertiary/aromatic N) is 3. The number of hydrazone groups is 1. The van der Waals surface area contributed by atoms with Crippen molar-refractivity contribution in [1.29, 1.82) is 0 Å². The fraction of sp³-hybridized carbons (Fsp3) is 0.222. The Morgan fingerprint density at radius 2 is 1.96 bits per heavy atom. The van der Waals surface area contributed by atoms with Gasteiger partial charge in [0, 0.05) is 37.5 Å². The van der Waals surface area contributed by atoms with Gasteiger partial charge in [-0.3, -0.25) is 14.9 Å². The number of carbonyl (C=O) groups is 1. The first kappa shape index (κ1) is 18.9. The number of nitrogens with one attached hydrogen (secondary N) is 1. The van der Waals surface area contributed by atoms with Crippen molar-refractivity contribution in [2.24, 2.45) is 5.10 Å². The number of rotatable bonds is 7. The van der Waals surface area contributed by atoms with Gasteiger partial charge < -0.3 is 9.64 Å². The molecule has 0 unspecified atom stereocenters. The lowest BCUT2D eigenvalue weighted by Crippen LogP contribution is -2.24. The van der Waals surface area contributed by atoms with Crippen molar-refractivity contribution in [2.75, 3.05) is 25.6 Å². The number of non-ortho nitro benzene ring substituents is 1. The number of carbonyl (C=O) groups excluding carboxylic acids is 1. The third-order valence-corrected chi connectivity index (χ3v) is 3.49. The van der Waals surface area contributed by atoms with E-state index in [-0.39, 0.29) is 12.3 Å². The Hall–Kier alpha value is -3.42. The highest BCUT2D eigenvalue weighted by Crippen LogP contribution is 2.22. The number of hydrogen-bond acceptors (Lipinski definition) is 6. The first-order chi connectivity index (χ1) is 12.4. The minimum absolute atomic E-state index is 0.0499. The summed E-state index contributed by atoms with van der Waals surface area (Å²) >= 11 is 0. The van der Waals surface area contributed by atoms with E-state index in [1.807, 2.05) is 33.2 Å². The number of ether oxygens (including phenoxy) is 1. The van der Waals surface area contributed by atoms with Crippen LogP contribution in [-0.4, -0.2) is 37.7 Å². The van der Waals surface area contributed by atoms with Crippen molar-refractivity contribution in [2.45, 2.75) is 6.92 Å². The van der Waals surface area contributed by atoms with Crippen molar-refractivity contribution >= 4 is 23.5 Å². The summed E-state index contributed by atoms with van der Waals surface area (Å²) in [6, 6.07) is 11.8. The van der Waals surface area contributed by atoms with Crippen LogP contribution in [0.2, 0.25) is 0 Å². The van der Waals surface area contributed by atoms with E-state index in [4.69, 9.17) is 4.74 Å². The van der Waals surface area contributed by atoms with Gasteiger partial charge in [0.05, 0.1) is 11.1 Å². The maximum atomic E-state index is 11.8. The van der Waals surface area contributed by atoms with E-state index in [0.29, 0.717) is 11.3 Å². The summed E-state index contributed by atoms with van der Waals surface area (Å²) in [6.07, 6.45) is 1.37. The Morgan fingerprint density at radius 3 is 2.58 bits per heavy atom. The second kappa shape index (κ2) is 8.61. The van der Waals surface area contributed by atoms with Crippen molar-refractivity contribution < 1.29 is 14.5 Å². The molecule has 2 aromatic rings. The molecule has 2 rings (SSSR count). The summed E-state index contributed by atoms with van der Waals surface area (Å²) in [5.41, 5.74) is 4.65. The lowest BCUT2D eigenvalue weighted by atomic mass is 10.1. The van der Waals surface area contributed by atoms with Crippen LogP contribution in [0.25, 0.3) is 0 Å². The zero-order valence-electron chi connectivity index (χ0n) is 14.8. The van der Waals surface area contributed by atoms with E-state index in [0.717, 1.165) is 11.3 Å². The van der Waals surface area contributed by atoms with Gasteiger partial charge in [-0.2, -0.15) is 5.10 Å².